The molecule has 0 atom stereocenters. The monoisotopic (exact) mass is 337 g/mol. The molecule has 128 valence electrons. The first-order valence-electron chi connectivity index (χ1n) is 8.09. The van der Waals surface area contributed by atoms with Gasteiger partial charge in [-0.05, 0) is 49.7 Å². The van der Waals surface area contributed by atoms with Crippen molar-refractivity contribution in [2.75, 3.05) is 12.0 Å². The lowest BCUT2D eigenvalue weighted by Crippen LogP contribution is -2.22. The van der Waals surface area contributed by atoms with Crippen molar-refractivity contribution in [2.24, 2.45) is 0 Å². The average molecular weight is 337 g/mol. The maximum atomic E-state index is 12.0. The molecule has 0 saturated carbocycles. The molecule has 25 heavy (non-hydrogen) atoms. The van der Waals surface area contributed by atoms with Crippen molar-refractivity contribution < 1.29 is 14.3 Å². The van der Waals surface area contributed by atoms with Gasteiger partial charge in [0.05, 0.1) is 17.6 Å². The third kappa shape index (κ3) is 4.23. The summed E-state index contributed by atoms with van der Waals surface area (Å²) in [4.78, 5) is 27.5. The molecule has 0 aliphatic rings. The van der Waals surface area contributed by atoms with Crippen LogP contribution in [0, 0.1) is 0 Å². The fourth-order valence-electron chi connectivity index (χ4n) is 2.45. The second-order valence-corrected chi connectivity index (χ2v) is 5.67. The van der Waals surface area contributed by atoms with Crippen molar-refractivity contribution in [3.8, 4) is 5.75 Å². The largest absolute Gasteiger partial charge is 0.494 e. The number of carbonyl (C=O) groups excluding carboxylic acids is 2. The summed E-state index contributed by atoms with van der Waals surface area (Å²) in [6.07, 6.45) is 2.53. The molecule has 0 fully saturated rings. The van der Waals surface area contributed by atoms with Crippen molar-refractivity contribution in [1.82, 2.24) is 9.66 Å². The van der Waals surface area contributed by atoms with Crippen LogP contribution in [-0.2, 0) is 4.79 Å². The first-order chi connectivity index (χ1) is 12.1. The van der Waals surface area contributed by atoms with Gasteiger partial charge in [0.25, 0.3) is 0 Å². The number of imidazole rings is 1. The summed E-state index contributed by atoms with van der Waals surface area (Å²) in [7, 11) is 0. The Morgan fingerprint density at radius 3 is 2.64 bits per heavy atom. The van der Waals surface area contributed by atoms with E-state index in [1.807, 2.05) is 24.3 Å². The molecule has 0 bridgehead atoms. The zero-order chi connectivity index (χ0) is 17.6. The number of nitrogens with zero attached hydrogens (tertiary/aromatic N) is 2. The minimum absolute atomic E-state index is 0.0234. The summed E-state index contributed by atoms with van der Waals surface area (Å²) >= 11 is 0. The van der Waals surface area contributed by atoms with E-state index >= 15 is 0 Å². The quantitative estimate of drug-likeness (QED) is 0.531. The Kier molecular flexibility index (Phi) is 5.09. The fourth-order valence-corrected chi connectivity index (χ4v) is 2.45. The molecular weight excluding hydrogens is 318 g/mol. The maximum Gasteiger partial charge on any atom is 0.238 e. The molecule has 1 heterocycles. The lowest BCUT2D eigenvalue weighted by atomic mass is 10.1. The third-order valence-electron chi connectivity index (χ3n) is 3.78. The Morgan fingerprint density at radius 1 is 1.12 bits per heavy atom. The maximum absolute atomic E-state index is 12.0. The topological polar surface area (TPSA) is 73.2 Å². The Hall–Kier alpha value is -3.15. The van der Waals surface area contributed by atoms with Gasteiger partial charge < -0.3 is 4.74 Å². The molecule has 1 amide bonds. The van der Waals surface area contributed by atoms with Crippen LogP contribution in [-0.4, -0.2) is 28.0 Å². The lowest BCUT2D eigenvalue weighted by Gasteiger charge is -2.08. The zero-order valence-electron chi connectivity index (χ0n) is 13.9. The van der Waals surface area contributed by atoms with Gasteiger partial charge in [0.15, 0.2) is 5.78 Å². The summed E-state index contributed by atoms with van der Waals surface area (Å²) < 4.78 is 7.21. The predicted octanol–water partition coefficient (Wildman–Crippen LogP) is 3.17. The van der Waals surface area contributed by atoms with Crippen molar-refractivity contribution in [1.29, 1.82) is 0 Å². The van der Waals surface area contributed by atoms with Crippen molar-refractivity contribution in [2.45, 2.75) is 19.8 Å². The summed E-state index contributed by atoms with van der Waals surface area (Å²) in [5, 5.41) is 0. The number of Topliss-reactive ketones (excluding diaryl/α,β-unsaturated/α-hetero) is 1. The van der Waals surface area contributed by atoms with E-state index < -0.39 is 0 Å². The highest BCUT2D eigenvalue weighted by Gasteiger charge is 2.06. The van der Waals surface area contributed by atoms with Gasteiger partial charge in [0.1, 0.15) is 12.1 Å². The molecule has 6 heteroatoms. The molecule has 0 aliphatic heterocycles. The SMILES string of the molecule is CC(=O)c1ccc(OCCCC(=O)Nn2cnc3ccccc32)cc1. The molecule has 3 aromatic rings. The Balaban J connectivity index is 1.44. The second-order valence-electron chi connectivity index (χ2n) is 5.67. The number of hydrogen-bond donors (Lipinski definition) is 1. The Morgan fingerprint density at radius 2 is 1.88 bits per heavy atom. The number of para-hydroxylation sites is 2. The number of ketones is 1. The highest BCUT2D eigenvalue weighted by atomic mass is 16.5. The van der Waals surface area contributed by atoms with Gasteiger partial charge in [-0.2, -0.15) is 0 Å². The number of carbonyl (C=O) groups is 2. The molecule has 0 aliphatic carbocycles. The van der Waals surface area contributed by atoms with E-state index in [0.717, 1.165) is 11.0 Å². The highest BCUT2D eigenvalue weighted by molar-refractivity contribution is 5.94. The van der Waals surface area contributed by atoms with Gasteiger partial charge >= 0.3 is 0 Å². The average Bonchev–Trinajstić information content (AvgIpc) is 3.02. The molecule has 0 saturated heterocycles. The first-order valence-corrected chi connectivity index (χ1v) is 8.09. The number of benzene rings is 2. The van der Waals surface area contributed by atoms with Crippen molar-refractivity contribution in [3.05, 3.63) is 60.4 Å². The summed E-state index contributed by atoms with van der Waals surface area (Å²) in [5.41, 5.74) is 5.15. The number of ether oxygens (including phenoxy) is 1. The van der Waals surface area contributed by atoms with Crippen molar-refractivity contribution >= 4 is 22.7 Å². The van der Waals surface area contributed by atoms with Crippen molar-refractivity contribution in [3.63, 3.8) is 0 Å². The van der Waals surface area contributed by atoms with E-state index in [4.69, 9.17) is 4.74 Å². The smallest absolute Gasteiger partial charge is 0.238 e. The standard InChI is InChI=1S/C19H19N3O3/c1-14(23)15-8-10-16(11-9-15)25-12-4-7-19(24)21-22-13-20-17-5-2-3-6-18(17)22/h2-3,5-6,8-11,13H,4,7,12H2,1H3,(H,21,24). The van der Waals surface area contributed by atoms with Crippen LogP contribution in [0.4, 0.5) is 0 Å². The van der Waals surface area contributed by atoms with Crippen LogP contribution < -0.4 is 10.2 Å². The molecule has 2 aromatic carbocycles. The van der Waals surface area contributed by atoms with Crippen LogP contribution in [0.2, 0.25) is 0 Å². The summed E-state index contributed by atoms with van der Waals surface area (Å²) in [6, 6.07) is 14.6. The Labute approximate surface area is 145 Å². The van der Waals surface area contributed by atoms with Gasteiger partial charge in [-0.1, -0.05) is 12.1 Å². The van der Waals surface area contributed by atoms with Gasteiger partial charge in [-0.15, -0.1) is 0 Å². The molecular formula is C19H19N3O3. The number of rotatable bonds is 7. The van der Waals surface area contributed by atoms with Gasteiger partial charge in [-0.25, -0.2) is 9.66 Å². The highest BCUT2D eigenvalue weighted by Crippen LogP contribution is 2.13. The van der Waals surface area contributed by atoms with E-state index in [0.29, 0.717) is 30.8 Å². The van der Waals surface area contributed by atoms with Gasteiger partial charge in [0, 0.05) is 12.0 Å². The van der Waals surface area contributed by atoms with E-state index in [2.05, 4.69) is 10.4 Å². The van der Waals surface area contributed by atoms with E-state index in [1.54, 1.807) is 35.3 Å². The molecule has 1 N–H and O–H groups in total. The minimum Gasteiger partial charge on any atom is -0.494 e. The van der Waals surface area contributed by atoms with Gasteiger partial charge in [-0.3, -0.25) is 15.0 Å². The van der Waals surface area contributed by atoms with Crippen LogP contribution in [0.5, 0.6) is 5.75 Å². The third-order valence-corrected chi connectivity index (χ3v) is 3.78. The number of amides is 1. The van der Waals surface area contributed by atoms with Crippen LogP contribution >= 0.6 is 0 Å². The van der Waals surface area contributed by atoms with E-state index in [9.17, 15) is 9.59 Å². The van der Waals surface area contributed by atoms with Crippen LogP contribution in [0.1, 0.15) is 30.1 Å². The van der Waals surface area contributed by atoms with Crippen LogP contribution in [0.25, 0.3) is 11.0 Å². The molecule has 0 unspecified atom stereocenters. The number of hydrogen-bond acceptors (Lipinski definition) is 4. The van der Waals surface area contributed by atoms with E-state index in [-0.39, 0.29) is 11.7 Å². The summed E-state index contributed by atoms with van der Waals surface area (Å²) in [6.45, 7) is 1.95. The lowest BCUT2D eigenvalue weighted by molar-refractivity contribution is -0.117. The number of nitrogens with one attached hydrogen (secondary N) is 1. The fraction of sp³-hybridized carbons (Fsp3) is 0.211. The molecule has 0 spiro atoms. The first kappa shape index (κ1) is 16.7. The molecule has 3 rings (SSSR count). The molecule has 6 nitrogen and oxygen atoms in total. The number of aromatic nitrogens is 2. The predicted molar refractivity (Wildman–Crippen MR) is 95.3 cm³/mol. The zero-order valence-corrected chi connectivity index (χ0v) is 13.9. The normalized spacial score (nSPS) is 10.6. The minimum atomic E-state index is -0.0984. The van der Waals surface area contributed by atoms with Crippen LogP contribution in [0.15, 0.2) is 54.9 Å². The second kappa shape index (κ2) is 7.61. The van der Waals surface area contributed by atoms with E-state index in [1.165, 1.54) is 6.92 Å². The van der Waals surface area contributed by atoms with Crippen LogP contribution in [0.3, 0.4) is 0 Å². The summed E-state index contributed by atoms with van der Waals surface area (Å²) in [5.74, 6) is 0.611. The number of fused-ring (bicyclic) bond motifs is 1. The van der Waals surface area contributed by atoms with Gasteiger partial charge in [0.2, 0.25) is 5.91 Å². The molecule has 0 radical (unpaired) electrons. The Bertz CT molecular complexity index is 884. The molecule has 1 aromatic heterocycles.